The summed E-state index contributed by atoms with van der Waals surface area (Å²) in [6.07, 6.45) is 6.16. The van der Waals surface area contributed by atoms with Crippen molar-refractivity contribution in [2.24, 2.45) is 17.8 Å². The largest absolute Gasteiger partial charge is 0.460 e. The number of fused-ring (bicyclic) bond motifs is 1. The number of carbonyl (C=O) groups excluding carboxylic acids is 2. The van der Waals surface area contributed by atoms with Gasteiger partial charge in [-0.05, 0) is 50.3 Å². The fraction of sp³-hybridized carbons (Fsp3) is 0.448. The first-order valence-electron chi connectivity index (χ1n) is 13.0. The number of urea groups is 1. The minimum atomic E-state index is -3.21. The summed E-state index contributed by atoms with van der Waals surface area (Å²) in [7, 11) is 0. The Balaban J connectivity index is 1.42. The first-order valence-corrected chi connectivity index (χ1v) is 13.0. The molecule has 38 heavy (non-hydrogen) atoms. The van der Waals surface area contributed by atoms with Crippen LogP contribution in [0.15, 0.2) is 48.7 Å². The Bertz CT molecular complexity index is 1300. The van der Waals surface area contributed by atoms with Crippen molar-refractivity contribution in [2.75, 3.05) is 0 Å². The SMILES string of the molecule is C[C@H]1OC(=O)[C@]2(NC(=O)NC3CCC3)CC(F)(F)[C@@H](C)[C@H](/C=C/c3ccc(-c4ccccc4C#N)cn3)C12. The Morgan fingerprint density at radius 2 is 1.97 bits per heavy atom. The number of ether oxygens (including phenoxy) is 1. The van der Waals surface area contributed by atoms with Gasteiger partial charge in [-0.2, -0.15) is 5.26 Å². The van der Waals surface area contributed by atoms with Crippen LogP contribution in [-0.4, -0.2) is 40.6 Å². The lowest BCUT2D eigenvalue weighted by atomic mass is 9.60. The van der Waals surface area contributed by atoms with Crippen molar-refractivity contribution >= 4 is 18.1 Å². The van der Waals surface area contributed by atoms with Crippen LogP contribution in [0.2, 0.25) is 0 Å². The highest BCUT2D eigenvalue weighted by Crippen LogP contribution is 2.55. The van der Waals surface area contributed by atoms with Gasteiger partial charge in [0.15, 0.2) is 5.54 Å². The quantitative estimate of drug-likeness (QED) is 0.536. The van der Waals surface area contributed by atoms with Crippen molar-refractivity contribution in [2.45, 2.75) is 63.1 Å². The maximum atomic E-state index is 15.4. The summed E-state index contributed by atoms with van der Waals surface area (Å²) in [6.45, 7) is 3.16. The molecule has 2 amide bonds. The highest BCUT2D eigenvalue weighted by molar-refractivity contribution is 5.90. The summed E-state index contributed by atoms with van der Waals surface area (Å²) in [6, 6.07) is 12.3. The van der Waals surface area contributed by atoms with E-state index in [1.165, 1.54) is 6.92 Å². The standard InChI is InChI=1S/C29H30F2N4O3/c1-17-23(13-12-21-11-10-20(15-33-21)24-9-4-3-6-19(24)14-32)25-18(2)38-26(36)28(25,16-29(17,30)31)35-27(37)34-22-7-5-8-22/h3-4,6,9-13,15,17-18,22-23,25H,5,7-8,16H2,1-2H3,(H2,34,35,37)/b13-12+/t17-,18+,23-,25?,28-/m0/s1. The average Bonchev–Trinajstić information content (AvgIpc) is 3.10. The van der Waals surface area contributed by atoms with Crippen LogP contribution < -0.4 is 10.6 Å². The fourth-order valence-electron chi connectivity index (χ4n) is 5.99. The van der Waals surface area contributed by atoms with E-state index < -0.39 is 53.7 Å². The number of cyclic esters (lactones) is 1. The molecule has 2 heterocycles. The lowest BCUT2D eigenvalue weighted by Gasteiger charge is -2.48. The predicted octanol–water partition coefficient (Wildman–Crippen LogP) is 5.08. The number of nitriles is 1. The zero-order valence-electron chi connectivity index (χ0n) is 21.3. The average molecular weight is 521 g/mol. The van der Waals surface area contributed by atoms with E-state index in [1.54, 1.807) is 43.5 Å². The van der Waals surface area contributed by atoms with Crippen molar-refractivity contribution < 1.29 is 23.1 Å². The van der Waals surface area contributed by atoms with Crippen LogP contribution in [0.3, 0.4) is 0 Å². The number of amides is 2. The summed E-state index contributed by atoms with van der Waals surface area (Å²) in [4.78, 5) is 30.2. The van der Waals surface area contributed by atoms with E-state index in [2.05, 4.69) is 21.7 Å². The molecule has 2 aromatic rings. The van der Waals surface area contributed by atoms with Gasteiger partial charge in [-0.3, -0.25) is 4.98 Å². The molecule has 1 saturated heterocycles. The van der Waals surface area contributed by atoms with Crippen molar-refractivity contribution in [3.63, 3.8) is 0 Å². The fourth-order valence-corrected chi connectivity index (χ4v) is 5.99. The van der Waals surface area contributed by atoms with E-state index >= 15 is 8.78 Å². The second kappa shape index (κ2) is 9.82. The molecule has 3 fully saturated rings. The summed E-state index contributed by atoms with van der Waals surface area (Å²) >= 11 is 0. The summed E-state index contributed by atoms with van der Waals surface area (Å²) < 4.78 is 36.3. The highest BCUT2D eigenvalue weighted by atomic mass is 19.3. The van der Waals surface area contributed by atoms with Crippen LogP contribution in [0, 0.1) is 29.1 Å². The first kappa shape index (κ1) is 25.8. The third kappa shape index (κ3) is 4.53. The smallest absolute Gasteiger partial charge is 0.332 e. The Labute approximate surface area is 220 Å². The molecule has 0 spiro atoms. The Morgan fingerprint density at radius 1 is 1.21 bits per heavy atom. The number of carbonyl (C=O) groups is 2. The monoisotopic (exact) mass is 520 g/mol. The number of esters is 1. The molecular formula is C29H30F2N4O3. The number of aromatic nitrogens is 1. The van der Waals surface area contributed by atoms with Crippen LogP contribution in [0.1, 0.15) is 50.8 Å². The van der Waals surface area contributed by atoms with E-state index in [0.717, 1.165) is 30.4 Å². The van der Waals surface area contributed by atoms with E-state index in [-0.39, 0.29) is 6.04 Å². The topological polar surface area (TPSA) is 104 Å². The van der Waals surface area contributed by atoms with Gasteiger partial charge in [-0.1, -0.05) is 37.3 Å². The van der Waals surface area contributed by atoms with Crippen LogP contribution in [0.25, 0.3) is 17.2 Å². The van der Waals surface area contributed by atoms with Gasteiger partial charge in [-0.25, -0.2) is 18.4 Å². The van der Waals surface area contributed by atoms with Gasteiger partial charge in [0.05, 0.1) is 17.3 Å². The number of nitrogens with zero attached hydrogens (tertiary/aromatic N) is 2. The molecule has 5 rings (SSSR count). The number of nitrogens with one attached hydrogen (secondary N) is 2. The first-order chi connectivity index (χ1) is 18.1. The van der Waals surface area contributed by atoms with E-state index in [4.69, 9.17) is 4.74 Å². The van der Waals surface area contributed by atoms with Gasteiger partial charge >= 0.3 is 12.0 Å². The normalized spacial score (nSPS) is 30.1. The molecule has 1 aromatic heterocycles. The van der Waals surface area contributed by atoms with Crippen LogP contribution in [-0.2, 0) is 9.53 Å². The van der Waals surface area contributed by atoms with Crippen LogP contribution in [0.5, 0.6) is 0 Å². The molecule has 9 heteroatoms. The second-order valence-electron chi connectivity index (χ2n) is 10.6. The van der Waals surface area contributed by atoms with Gasteiger partial charge in [0.2, 0.25) is 0 Å². The highest BCUT2D eigenvalue weighted by Gasteiger charge is 2.68. The molecule has 5 atom stereocenters. The van der Waals surface area contributed by atoms with E-state index in [1.807, 2.05) is 18.2 Å². The van der Waals surface area contributed by atoms with Crippen molar-refractivity contribution in [1.29, 1.82) is 5.26 Å². The molecule has 7 nitrogen and oxygen atoms in total. The van der Waals surface area contributed by atoms with Gasteiger partial charge in [-0.15, -0.1) is 0 Å². The minimum Gasteiger partial charge on any atom is -0.460 e. The predicted molar refractivity (Wildman–Crippen MR) is 137 cm³/mol. The van der Waals surface area contributed by atoms with Crippen LogP contribution in [0.4, 0.5) is 13.6 Å². The molecule has 2 aliphatic carbocycles. The Kier molecular flexibility index (Phi) is 6.68. The zero-order chi connectivity index (χ0) is 27.1. The van der Waals surface area contributed by atoms with E-state index in [0.29, 0.717) is 11.3 Å². The van der Waals surface area contributed by atoms with Crippen LogP contribution >= 0.6 is 0 Å². The number of rotatable bonds is 5. The molecule has 1 aromatic carbocycles. The number of halogens is 2. The number of hydrogen-bond acceptors (Lipinski definition) is 5. The molecule has 0 radical (unpaired) electrons. The number of hydrogen-bond donors (Lipinski definition) is 2. The maximum Gasteiger partial charge on any atom is 0.332 e. The molecule has 198 valence electrons. The second-order valence-corrected chi connectivity index (χ2v) is 10.6. The Hall–Kier alpha value is -3.80. The molecule has 0 bridgehead atoms. The van der Waals surface area contributed by atoms with Crippen molar-refractivity contribution in [1.82, 2.24) is 15.6 Å². The molecule has 1 unspecified atom stereocenters. The van der Waals surface area contributed by atoms with Gasteiger partial charge < -0.3 is 15.4 Å². The van der Waals surface area contributed by atoms with Gasteiger partial charge in [0.1, 0.15) is 6.10 Å². The molecule has 2 N–H and O–H groups in total. The third-order valence-electron chi connectivity index (χ3n) is 8.32. The Morgan fingerprint density at radius 3 is 2.63 bits per heavy atom. The number of alkyl halides is 2. The number of pyridine rings is 1. The summed E-state index contributed by atoms with van der Waals surface area (Å²) in [5, 5.41) is 14.8. The molecule has 3 aliphatic rings. The maximum absolute atomic E-state index is 15.4. The minimum absolute atomic E-state index is 0.00687. The molecule has 2 saturated carbocycles. The molecular weight excluding hydrogens is 490 g/mol. The summed E-state index contributed by atoms with van der Waals surface area (Å²) in [5.74, 6) is -6.55. The van der Waals surface area contributed by atoms with Crippen molar-refractivity contribution in [3.05, 3.63) is 59.9 Å². The molecule has 1 aliphatic heterocycles. The van der Waals surface area contributed by atoms with Gasteiger partial charge in [0.25, 0.3) is 5.92 Å². The van der Waals surface area contributed by atoms with Crippen molar-refractivity contribution in [3.8, 4) is 17.2 Å². The van der Waals surface area contributed by atoms with E-state index in [9.17, 15) is 14.9 Å². The third-order valence-corrected chi connectivity index (χ3v) is 8.32. The summed E-state index contributed by atoms with van der Waals surface area (Å²) in [5.41, 5.74) is 0.770. The number of benzene rings is 1. The number of allylic oxidation sites excluding steroid dienone is 1. The van der Waals surface area contributed by atoms with Gasteiger partial charge in [0, 0.05) is 41.6 Å². The lowest BCUT2D eigenvalue weighted by Crippen LogP contribution is -2.67. The zero-order valence-corrected chi connectivity index (χ0v) is 21.3. The lowest BCUT2D eigenvalue weighted by molar-refractivity contribution is -0.158.